The van der Waals surface area contributed by atoms with E-state index in [-0.39, 0.29) is 0 Å². The second kappa shape index (κ2) is 5.69. The largest absolute Gasteiger partial charge is 0.396 e. The monoisotopic (exact) mass is 262 g/mol. The summed E-state index contributed by atoms with van der Waals surface area (Å²) in [7, 11) is 0. The minimum absolute atomic E-state index is 0.443. The molecule has 0 spiro atoms. The summed E-state index contributed by atoms with van der Waals surface area (Å²) in [5.41, 5.74) is 7.53. The van der Waals surface area contributed by atoms with Crippen LogP contribution in [0.5, 0.6) is 0 Å². The first-order valence-corrected chi connectivity index (χ1v) is 6.15. The van der Waals surface area contributed by atoms with Crippen LogP contribution in [0.25, 0.3) is 0 Å². The summed E-state index contributed by atoms with van der Waals surface area (Å²) in [6.45, 7) is 3.49. The normalized spacial score (nSPS) is 10.3. The molecule has 4 nitrogen and oxygen atoms in total. The zero-order valence-corrected chi connectivity index (χ0v) is 10.9. The third kappa shape index (κ3) is 2.90. The van der Waals surface area contributed by atoms with Crippen LogP contribution in [0.4, 0.5) is 11.5 Å². The molecule has 0 aliphatic carbocycles. The fraction of sp³-hybridized carbons (Fsp3) is 0.231. The predicted octanol–water partition coefficient (Wildman–Crippen LogP) is 2.74. The van der Waals surface area contributed by atoms with Gasteiger partial charge in [-0.2, -0.15) is 0 Å². The second-order valence-electron chi connectivity index (χ2n) is 3.88. The predicted molar refractivity (Wildman–Crippen MR) is 74.6 cm³/mol. The molecule has 0 saturated heterocycles. The molecule has 0 fully saturated rings. The van der Waals surface area contributed by atoms with E-state index in [4.69, 9.17) is 17.3 Å². The summed E-state index contributed by atoms with van der Waals surface area (Å²) in [5.74, 6) is 0.704. The lowest BCUT2D eigenvalue weighted by Crippen LogP contribution is -2.24. The fourth-order valence-electron chi connectivity index (χ4n) is 1.71. The Hall–Kier alpha value is -1.81. The maximum absolute atomic E-state index is 5.94. The topological polar surface area (TPSA) is 55.0 Å². The maximum atomic E-state index is 5.94. The SMILES string of the molecule is CCN(Cc1ccccn1)c1nc(Cl)ccc1N. The van der Waals surface area contributed by atoms with Crippen molar-refractivity contribution in [3.8, 4) is 0 Å². The Kier molecular flexibility index (Phi) is 3.99. The highest BCUT2D eigenvalue weighted by molar-refractivity contribution is 6.29. The van der Waals surface area contributed by atoms with Crippen molar-refractivity contribution in [3.63, 3.8) is 0 Å². The Balaban J connectivity index is 2.26. The summed E-state index contributed by atoms with van der Waals surface area (Å²) < 4.78 is 0. The van der Waals surface area contributed by atoms with Crippen LogP contribution >= 0.6 is 11.6 Å². The van der Waals surface area contributed by atoms with Crippen molar-refractivity contribution in [2.75, 3.05) is 17.2 Å². The van der Waals surface area contributed by atoms with Gasteiger partial charge in [0, 0.05) is 12.7 Å². The number of nitrogens with zero attached hydrogens (tertiary/aromatic N) is 3. The van der Waals surface area contributed by atoms with Crippen LogP contribution < -0.4 is 10.6 Å². The Bertz CT molecular complexity index is 516. The summed E-state index contributed by atoms with van der Waals surface area (Å²) >= 11 is 5.91. The molecule has 0 aliphatic heterocycles. The van der Waals surface area contributed by atoms with Crippen LogP contribution in [0.15, 0.2) is 36.5 Å². The molecule has 18 heavy (non-hydrogen) atoms. The van der Waals surface area contributed by atoms with Gasteiger partial charge in [0.1, 0.15) is 5.15 Å². The first-order chi connectivity index (χ1) is 8.70. The highest BCUT2D eigenvalue weighted by atomic mass is 35.5. The van der Waals surface area contributed by atoms with Crippen molar-refractivity contribution < 1.29 is 0 Å². The Morgan fingerprint density at radius 3 is 2.78 bits per heavy atom. The molecule has 0 unspecified atom stereocenters. The second-order valence-corrected chi connectivity index (χ2v) is 4.27. The van der Waals surface area contributed by atoms with E-state index in [1.807, 2.05) is 30.0 Å². The molecule has 0 bridgehead atoms. The Labute approximate surface area is 111 Å². The van der Waals surface area contributed by atoms with Gasteiger partial charge in [-0.3, -0.25) is 4.98 Å². The van der Waals surface area contributed by atoms with Gasteiger partial charge in [0.2, 0.25) is 0 Å². The van der Waals surface area contributed by atoms with Crippen LogP contribution in [0.1, 0.15) is 12.6 Å². The van der Waals surface area contributed by atoms with Gasteiger partial charge in [-0.05, 0) is 31.2 Å². The number of anilines is 2. The van der Waals surface area contributed by atoms with Gasteiger partial charge in [0.15, 0.2) is 5.82 Å². The fourth-order valence-corrected chi connectivity index (χ4v) is 1.86. The third-order valence-corrected chi connectivity index (χ3v) is 2.84. The molecular weight excluding hydrogens is 248 g/mol. The summed E-state index contributed by atoms with van der Waals surface area (Å²) in [4.78, 5) is 10.6. The lowest BCUT2D eigenvalue weighted by molar-refractivity contribution is 0.796. The molecule has 2 heterocycles. The third-order valence-electron chi connectivity index (χ3n) is 2.63. The van der Waals surface area contributed by atoms with E-state index in [9.17, 15) is 0 Å². The van der Waals surface area contributed by atoms with Crippen LogP contribution in [0.3, 0.4) is 0 Å². The van der Waals surface area contributed by atoms with Gasteiger partial charge in [-0.1, -0.05) is 17.7 Å². The number of aromatic nitrogens is 2. The minimum Gasteiger partial charge on any atom is -0.396 e. The van der Waals surface area contributed by atoms with E-state index in [0.29, 0.717) is 23.2 Å². The first kappa shape index (κ1) is 12.6. The van der Waals surface area contributed by atoms with E-state index in [1.165, 1.54) is 0 Å². The zero-order valence-electron chi connectivity index (χ0n) is 10.2. The Morgan fingerprint density at radius 2 is 2.11 bits per heavy atom. The van der Waals surface area contributed by atoms with Crippen molar-refractivity contribution in [2.24, 2.45) is 0 Å². The first-order valence-electron chi connectivity index (χ1n) is 5.77. The number of nitrogens with two attached hydrogens (primary N) is 1. The van der Waals surface area contributed by atoms with E-state index in [0.717, 1.165) is 12.2 Å². The molecule has 0 amide bonds. The average molecular weight is 263 g/mol. The highest BCUT2D eigenvalue weighted by Gasteiger charge is 2.11. The lowest BCUT2D eigenvalue weighted by Gasteiger charge is -2.23. The van der Waals surface area contributed by atoms with Crippen molar-refractivity contribution in [2.45, 2.75) is 13.5 Å². The van der Waals surface area contributed by atoms with Gasteiger partial charge < -0.3 is 10.6 Å². The van der Waals surface area contributed by atoms with Crippen LogP contribution in [-0.4, -0.2) is 16.5 Å². The highest BCUT2D eigenvalue weighted by Crippen LogP contribution is 2.23. The number of hydrogen-bond acceptors (Lipinski definition) is 4. The van der Waals surface area contributed by atoms with Crippen LogP contribution in [0.2, 0.25) is 5.15 Å². The van der Waals surface area contributed by atoms with Crippen molar-refractivity contribution >= 4 is 23.1 Å². The summed E-state index contributed by atoms with van der Waals surface area (Å²) in [5, 5.41) is 0.443. The Morgan fingerprint density at radius 1 is 1.28 bits per heavy atom. The number of rotatable bonds is 4. The molecular formula is C13H15ClN4. The average Bonchev–Trinajstić information content (AvgIpc) is 2.40. The number of halogens is 1. The van der Waals surface area contributed by atoms with E-state index >= 15 is 0 Å². The summed E-state index contributed by atoms with van der Waals surface area (Å²) in [6, 6.07) is 9.29. The van der Waals surface area contributed by atoms with E-state index in [2.05, 4.69) is 9.97 Å². The molecule has 0 atom stereocenters. The van der Waals surface area contributed by atoms with E-state index < -0.39 is 0 Å². The van der Waals surface area contributed by atoms with E-state index in [1.54, 1.807) is 18.3 Å². The molecule has 2 rings (SSSR count). The molecule has 0 saturated carbocycles. The van der Waals surface area contributed by atoms with Crippen molar-refractivity contribution in [1.29, 1.82) is 0 Å². The van der Waals surface area contributed by atoms with Crippen molar-refractivity contribution in [1.82, 2.24) is 9.97 Å². The molecule has 0 aromatic carbocycles. The molecule has 94 valence electrons. The quantitative estimate of drug-likeness (QED) is 0.861. The van der Waals surface area contributed by atoms with Gasteiger partial charge >= 0.3 is 0 Å². The van der Waals surface area contributed by atoms with Gasteiger partial charge in [-0.15, -0.1) is 0 Å². The van der Waals surface area contributed by atoms with Gasteiger partial charge in [-0.25, -0.2) is 4.98 Å². The van der Waals surface area contributed by atoms with Gasteiger partial charge in [0.25, 0.3) is 0 Å². The number of pyridine rings is 2. The van der Waals surface area contributed by atoms with Crippen molar-refractivity contribution in [3.05, 3.63) is 47.4 Å². The molecule has 0 radical (unpaired) electrons. The molecule has 2 N–H and O–H groups in total. The maximum Gasteiger partial charge on any atom is 0.153 e. The zero-order chi connectivity index (χ0) is 13.0. The van der Waals surface area contributed by atoms with Gasteiger partial charge in [0.05, 0.1) is 17.9 Å². The van der Waals surface area contributed by atoms with Crippen LogP contribution in [-0.2, 0) is 6.54 Å². The molecule has 2 aromatic heterocycles. The lowest BCUT2D eigenvalue weighted by atomic mass is 10.3. The number of nitrogen functional groups attached to an aromatic ring is 1. The summed E-state index contributed by atoms with van der Waals surface area (Å²) in [6.07, 6.45) is 1.78. The molecule has 2 aromatic rings. The smallest absolute Gasteiger partial charge is 0.153 e. The van der Waals surface area contributed by atoms with Crippen LogP contribution in [0, 0.1) is 0 Å². The molecule has 0 aliphatic rings. The number of hydrogen-bond donors (Lipinski definition) is 1. The minimum atomic E-state index is 0.443. The standard InChI is InChI=1S/C13H15ClN4/c1-2-18(9-10-5-3-4-8-16-10)13-11(15)6-7-12(14)17-13/h3-8H,2,9,15H2,1H3. The molecule has 5 heteroatoms.